The molecule has 1 N–H and O–H groups in total. The van der Waals surface area contributed by atoms with Crippen LogP contribution in [0.1, 0.15) is 6.42 Å². The molecule has 0 aromatic carbocycles. The van der Waals surface area contributed by atoms with Gasteiger partial charge in [0.05, 0.1) is 6.54 Å². The molecule has 68 valence electrons. The average Bonchev–Trinajstić information content (AvgIpc) is 2.05. The Morgan fingerprint density at radius 2 is 2.42 bits per heavy atom. The molecule has 0 radical (unpaired) electrons. The third-order valence-corrected chi connectivity index (χ3v) is 1.89. The van der Waals surface area contributed by atoms with Crippen LogP contribution in [0.4, 0.5) is 0 Å². The van der Waals surface area contributed by atoms with Crippen LogP contribution in [0.15, 0.2) is 0 Å². The highest BCUT2D eigenvalue weighted by molar-refractivity contribution is 6.18. The number of hydrogen-bond acceptors (Lipinski definition) is 2. The summed E-state index contributed by atoms with van der Waals surface area (Å²) < 4.78 is 0. The van der Waals surface area contributed by atoms with E-state index in [2.05, 4.69) is 5.32 Å². The molecule has 0 spiro atoms. The Hall–Kier alpha value is -0.770. The zero-order valence-corrected chi connectivity index (χ0v) is 7.43. The maximum absolute atomic E-state index is 11.2. The van der Waals surface area contributed by atoms with E-state index in [4.69, 9.17) is 11.6 Å². The lowest BCUT2D eigenvalue weighted by atomic mass is 10.3. The highest BCUT2D eigenvalue weighted by Gasteiger charge is 2.19. The lowest BCUT2D eigenvalue weighted by Gasteiger charge is -2.26. The Morgan fingerprint density at radius 3 is 3.00 bits per heavy atom. The lowest BCUT2D eigenvalue weighted by molar-refractivity contribution is -0.137. The Kier molecular flexibility index (Phi) is 3.34. The van der Waals surface area contributed by atoms with Gasteiger partial charge in [0.25, 0.3) is 0 Å². The Labute approximate surface area is 75.9 Å². The van der Waals surface area contributed by atoms with Gasteiger partial charge in [0, 0.05) is 25.4 Å². The molecule has 0 atom stereocenters. The predicted octanol–water partition coefficient (Wildman–Crippen LogP) is -0.426. The number of nitrogens with zero attached hydrogens (tertiary/aromatic N) is 1. The second kappa shape index (κ2) is 4.30. The number of halogens is 1. The zero-order chi connectivity index (χ0) is 8.97. The largest absolute Gasteiger partial charge is 0.353 e. The molecule has 2 amide bonds. The summed E-state index contributed by atoms with van der Waals surface area (Å²) in [7, 11) is 0. The summed E-state index contributed by atoms with van der Waals surface area (Å²) in [6.45, 7) is 1.32. The highest BCUT2D eigenvalue weighted by atomic mass is 35.5. The van der Waals surface area contributed by atoms with E-state index in [1.165, 1.54) is 4.90 Å². The van der Waals surface area contributed by atoms with Gasteiger partial charge in [0.1, 0.15) is 0 Å². The van der Waals surface area contributed by atoms with Crippen molar-refractivity contribution in [2.75, 3.05) is 25.5 Å². The fourth-order valence-corrected chi connectivity index (χ4v) is 1.25. The summed E-state index contributed by atoms with van der Waals surface area (Å²) in [6.07, 6.45) is 0.314. The second-order valence-corrected chi connectivity index (χ2v) is 2.98. The van der Waals surface area contributed by atoms with Crippen LogP contribution in [0.3, 0.4) is 0 Å². The van der Waals surface area contributed by atoms with E-state index in [-0.39, 0.29) is 18.4 Å². The molecule has 1 heterocycles. The molecule has 1 aliphatic heterocycles. The molecule has 0 unspecified atom stereocenters. The lowest BCUT2D eigenvalue weighted by Crippen LogP contribution is -2.50. The van der Waals surface area contributed by atoms with Crippen molar-refractivity contribution < 1.29 is 9.59 Å². The van der Waals surface area contributed by atoms with Crippen molar-refractivity contribution in [3.63, 3.8) is 0 Å². The van der Waals surface area contributed by atoms with Crippen LogP contribution in [0.2, 0.25) is 0 Å². The van der Waals surface area contributed by atoms with Crippen molar-refractivity contribution >= 4 is 23.4 Å². The van der Waals surface area contributed by atoms with Gasteiger partial charge in [-0.2, -0.15) is 0 Å². The first-order chi connectivity index (χ1) is 5.74. The molecule has 1 aliphatic rings. The fourth-order valence-electron chi connectivity index (χ4n) is 1.09. The molecule has 0 saturated carbocycles. The zero-order valence-electron chi connectivity index (χ0n) is 6.68. The molecule has 1 saturated heterocycles. The standard InChI is InChI=1S/C7H11ClN2O2/c8-2-1-7(12)10-4-3-9-6(11)5-10/h1-5H2,(H,9,11). The smallest absolute Gasteiger partial charge is 0.239 e. The summed E-state index contributed by atoms with van der Waals surface area (Å²) in [5.41, 5.74) is 0. The van der Waals surface area contributed by atoms with Crippen LogP contribution in [0, 0.1) is 0 Å². The SMILES string of the molecule is O=C1CN(C(=O)CCCl)CCN1. The first kappa shape index (κ1) is 9.32. The summed E-state index contributed by atoms with van der Waals surface area (Å²) in [5, 5.41) is 2.64. The first-order valence-electron chi connectivity index (χ1n) is 3.84. The van der Waals surface area contributed by atoms with E-state index < -0.39 is 0 Å². The molecule has 0 bridgehead atoms. The van der Waals surface area contributed by atoms with Gasteiger partial charge in [-0.05, 0) is 0 Å². The number of carbonyl (C=O) groups excluding carboxylic acids is 2. The van der Waals surface area contributed by atoms with E-state index >= 15 is 0 Å². The van der Waals surface area contributed by atoms with Gasteiger partial charge in [-0.3, -0.25) is 9.59 Å². The molecule has 0 aliphatic carbocycles. The number of alkyl halides is 1. The Balaban J connectivity index is 2.40. The second-order valence-electron chi connectivity index (χ2n) is 2.60. The van der Waals surface area contributed by atoms with Crippen LogP contribution >= 0.6 is 11.6 Å². The van der Waals surface area contributed by atoms with Crippen molar-refractivity contribution in [3.05, 3.63) is 0 Å². The monoisotopic (exact) mass is 190 g/mol. The minimum Gasteiger partial charge on any atom is -0.353 e. The van der Waals surface area contributed by atoms with Crippen molar-refractivity contribution in [1.29, 1.82) is 0 Å². The van der Waals surface area contributed by atoms with Crippen molar-refractivity contribution in [2.24, 2.45) is 0 Å². The van der Waals surface area contributed by atoms with Gasteiger partial charge in [0.2, 0.25) is 11.8 Å². The summed E-state index contributed by atoms with van der Waals surface area (Å²) in [4.78, 5) is 23.6. The van der Waals surface area contributed by atoms with Crippen LogP contribution in [0.25, 0.3) is 0 Å². The number of amides is 2. The normalized spacial score (nSPS) is 17.4. The molecule has 4 nitrogen and oxygen atoms in total. The summed E-state index contributed by atoms with van der Waals surface area (Å²) >= 11 is 5.40. The topological polar surface area (TPSA) is 49.4 Å². The Bertz CT molecular complexity index is 196. The maximum atomic E-state index is 11.2. The van der Waals surface area contributed by atoms with E-state index in [9.17, 15) is 9.59 Å². The number of piperazine rings is 1. The summed E-state index contributed by atoms with van der Waals surface area (Å²) in [6, 6.07) is 0. The first-order valence-corrected chi connectivity index (χ1v) is 4.38. The molecule has 1 fully saturated rings. The van der Waals surface area contributed by atoms with Crippen LogP contribution in [-0.2, 0) is 9.59 Å². The van der Waals surface area contributed by atoms with Gasteiger partial charge in [-0.1, -0.05) is 0 Å². The van der Waals surface area contributed by atoms with Crippen LogP contribution < -0.4 is 5.32 Å². The van der Waals surface area contributed by atoms with Gasteiger partial charge in [-0.15, -0.1) is 11.6 Å². The van der Waals surface area contributed by atoms with Crippen LogP contribution in [-0.4, -0.2) is 42.2 Å². The quantitative estimate of drug-likeness (QED) is 0.601. The van der Waals surface area contributed by atoms with E-state index in [0.717, 1.165) is 0 Å². The van der Waals surface area contributed by atoms with E-state index in [1.54, 1.807) is 0 Å². The number of rotatable bonds is 2. The minimum absolute atomic E-state index is 0.0418. The van der Waals surface area contributed by atoms with E-state index in [0.29, 0.717) is 25.4 Å². The molecule has 12 heavy (non-hydrogen) atoms. The van der Waals surface area contributed by atoms with Gasteiger partial charge in [0.15, 0.2) is 0 Å². The number of carbonyl (C=O) groups is 2. The molecule has 5 heteroatoms. The fraction of sp³-hybridized carbons (Fsp3) is 0.714. The molecular weight excluding hydrogens is 180 g/mol. The number of hydrogen-bond donors (Lipinski definition) is 1. The molecule has 1 rings (SSSR count). The predicted molar refractivity (Wildman–Crippen MR) is 44.9 cm³/mol. The van der Waals surface area contributed by atoms with Crippen molar-refractivity contribution in [1.82, 2.24) is 10.2 Å². The average molecular weight is 191 g/mol. The van der Waals surface area contributed by atoms with Gasteiger partial charge >= 0.3 is 0 Å². The van der Waals surface area contributed by atoms with Crippen molar-refractivity contribution in [2.45, 2.75) is 6.42 Å². The Morgan fingerprint density at radius 1 is 1.67 bits per heavy atom. The number of nitrogens with one attached hydrogen (secondary N) is 1. The van der Waals surface area contributed by atoms with E-state index in [1.807, 2.05) is 0 Å². The van der Waals surface area contributed by atoms with Crippen molar-refractivity contribution in [3.8, 4) is 0 Å². The molecular formula is C7H11ClN2O2. The summed E-state index contributed by atoms with van der Waals surface area (Å²) in [5.74, 6) is 0.181. The van der Waals surface area contributed by atoms with Gasteiger partial charge < -0.3 is 10.2 Å². The third kappa shape index (κ3) is 2.37. The molecule has 0 aromatic rings. The molecule has 0 aromatic heterocycles. The minimum atomic E-state index is -0.0934. The van der Waals surface area contributed by atoms with Crippen LogP contribution in [0.5, 0.6) is 0 Å². The highest BCUT2D eigenvalue weighted by Crippen LogP contribution is 1.98. The maximum Gasteiger partial charge on any atom is 0.239 e. The van der Waals surface area contributed by atoms with Gasteiger partial charge in [-0.25, -0.2) is 0 Å². The third-order valence-electron chi connectivity index (χ3n) is 1.70.